The summed E-state index contributed by atoms with van der Waals surface area (Å²) in [7, 11) is 1.02. The number of alkyl halides is 1. The van der Waals surface area contributed by atoms with Crippen LogP contribution in [0.3, 0.4) is 0 Å². The third-order valence-electron chi connectivity index (χ3n) is 1.45. The van der Waals surface area contributed by atoms with Gasteiger partial charge in [-0.2, -0.15) is 0 Å². The van der Waals surface area contributed by atoms with Gasteiger partial charge in [0.15, 0.2) is 0 Å². The minimum Gasteiger partial charge on any atom is -0.207 e. The predicted molar refractivity (Wildman–Crippen MR) is 52.1 cm³/mol. The average molecular weight is 288 g/mol. The van der Waals surface area contributed by atoms with Crippen molar-refractivity contribution in [3.63, 3.8) is 0 Å². The van der Waals surface area contributed by atoms with Gasteiger partial charge in [-0.15, -0.1) is 0 Å². The lowest BCUT2D eigenvalue weighted by Crippen LogP contribution is -1.98. The highest BCUT2D eigenvalue weighted by Crippen LogP contribution is 2.22. The van der Waals surface area contributed by atoms with Crippen molar-refractivity contribution >= 4 is 35.7 Å². The number of benzene rings is 1. The normalized spacial score (nSPS) is 11.6. The first kappa shape index (κ1) is 10.9. The molecule has 0 saturated heterocycles. The molecule has 0 radical (unpaired) electrons. The van der Waals surface area contributed by atoms with Crippen molar-refractivity contribution in [1.82, 2.24) is 0 Å². The van der Waals surface area contributed by atoms with Gasteiger partial charge in [-0.1, -0.05) is 28.1 Å². The van der Waals surface area contributed by atoms with E-state index >= 15 is 0 Å². The highest BCUT2D eigenvalue weighted by Gasteiger charge is 2.17. The lowest BCUT2D eigenvalue weighted by molar-refractivity contribution is 0.569. The first-order valence-electron chi connectivity index (χ1n) is 3.25. The molecule has 1 aromatic carbocycles. The molecule has 13 heavy (non-hydrogen) atoms. The van der Waals surface area contributed by atoms with Crippen molar-refractivity contribution in [1.29, 1.82) is 0 Å². The van der Waals surface area contributed by atoms with Gasteiger partial charge in [0, 0.05) is 16.0 Å². The van der Waals surface area contributed by atoms with E-state index in [2.05, 4.69) is 15.9 Å². The molecule has 0 aliphatic rings. The molecule has 0 spiro atoms. The Morgan fingerprint density at radius 2 is 2.08 bits per heavy atom. The molecule has 0 heterocycles. The predicted octanol–water partition coefficient (Wildman–Crippen LogP) is 2.65. The largest absolute Gasteiger partial charge is 0.264 e. The van der Waals surface area contributed by atoms with Crippen molar-refractivity contribution in [2.75, 3.05) is 0 Å². The van der Waals surface area contributed by atoms with Crippen LogP contribution < -0.4 is 0 Å². The Bertz CT molecular complexity index is 419. The quantitative estimate of drug-likeness (QED) is 0.619. The van der Waals surface area contributed by atoms with Gasteiger partial charge >= 0.3 is 0 Å². The van der Waals surface area contributed by atoms with Crippen LogP contribution in [-0.2, 0) is 14.4 Å². The zero-order valence-electron chi connectivity index (χ0n) is 6.30. The maximum atomic E-state index is 13.3. The van der Waals surface area contributed by atoms with Gasteiger partial charge in [0.2, 0.25) is 0 Å². The van der Waals surface area contributed by atoms with Gasteiger partial charge in [0.25, 0.3) is 9.05 Å². The van der Waals surface area contributed by atoms with Gasteiger partial charge in [0.1, 0.15) is 10.7 Å². The summed E-state index contributed by atoms with van der Waals surface area (Å²) in [4.78, 5) is -0.480. The van der Waals surface area contributed by atoms with E-state index in [1.165, 1.54) is 12.1 Å². The van der Waals surface area contributed by atoms with Crippen LogP contribution in [0.5, 0.6) is 0 Å². The molecule has 72 valence electrons. The molecule has 0 N–H and O–H groups in total. The molecule has 0 unspecified atom stereocenters. The Balaban J connectivity index is 3.41. The van der Waals surface area contributed by atoms with Crippen LogP contribution in [0.2, 0.25) is 0 Å². The van der Waals surface area contributed by atoms with Crippen LogP contribution in [0, 0.1) is 5.82 Å². The minimum absolute atomic E-state index is 0.249. The third-order valence-corrected chi connectivity index (χ3v) is 3.39. The van der Waals surface area contributed by atoms with Crippen LogP contribution in [0.15, 0.2) is 23.1 Å². The van der Waals surface area contributed by atoms with E-state index in [1.54, 1.807) is 0 Å². The third kappa shape index (κ3) is 2.42. The number of hydrogen-bond donors (Lipinski definition) is 0. The second kappa shape index (κ2) is 3.94. The van der Waals surface area contributed by atoms with E-state index in [1.807, 2.05) is 0 Å². The highest BCUT2D eigenvalue weighted by molar-refractivity contribution is 9.08. The van der Waals surface area contributed by atoms with Crippen molar-refractivity contribution in [3.8, 4) is 0 Å². The molecule has 2 nitrogen and oxygen atoms in total. The smallest absolute Gasteiger partial charge is 0.207 e. The molecule has 0 amide bonds. The second-order valence-corrected chi connectivity index (χ2v) is 5.40. The summed E-state index contributed by atoms with van der Waals surface area (Å²) in [6.07, 6.45) is 0. The van der Waals surface area contributed by atoms with Crippen LogP contribution in [0.4, 0.5) is 4.39 Å². The summed E-state index contributed by atoms with van der Waals surface area (Å²) in [5, 5.41) is 0.249. The Hall–Kier alpha value is -0.130. The van der Waals surface area contributed by atoms with Gasteiger partial charge in [-0.05, 0) is 11.6 Å². The zero-order chi connectivity index (χ0) is 10.1. The van der Waals surface area contributed by atoms with Crippen LogP contribution in [0.25, 0.3) is 0 Å². The Morgan fingerprint density at radius 3 is 2.54 bits per heavy atom. The molecule has 0 aliphatic heterocycles. The molecule has 1 rings (SSSR count). The van der Waals surface area contributed by atoms with Crippen molar-refractivity contribution in [2.45, 2.75) is 10.2 Å². The standard InChI is InChI=1S/C7H5BrClFO2S/c8-4-5-2-1-3-6(7(5)10)13(9,11)12/h1-3H,4H2. The molecule has 0 fully saturated rings. The Kier molecular flexibility index (Phi) is 3.32. The number of halogens is 3. The van der Waals surface area contributed by atoms with Gasteiger partial charge in [-0.3, -0.25) is 0 Å². The summed E-state index contributed by atoms with van der Waals surface area (Å²) in [5.41, 5.74) is 0.265. The van der Waals surface area contributed by atoms with E-state index in [0.29, 0.717) is 0 Å². The molecule has 0 saturated carbocycles. The molecule has 6 heteroatoms. The topological polar surface area (TPSA) is 34.1 Å². The van der Waals surface area contributed by atoms with E-state index in [9.17, 15) is 12.8 Å². The SMILES string of the molecule is O=S(=O)(Cl)c1cccc(CBr)c1F. The Morgan fingerprint density at radius 1 is 1.46 bits per heavy atom. The van der Waals surface area contributed by atoms with Crippen molar-refractivity contribution in [2.24, 2.45) is 0 Å². The maximum Gasteiger partial charge on any atom is 0.264 e. The summed E-state index contributed by atoms with van der Waals surface area (Å²) in [5.74, 6) is -0.797. The zero-order valence-corrected chi connectivity index (χ0v) is 9.46. The molecule has 1 aromatic rings. The van der Waals surface area contributed by atoms with Crippen molar-refractivity contribution in [3.05, 3.63) is 29.6 Å². The summed E-state index contributed by atoms with van der Waals surface area (Å²) < 4.78 is 34.9. The average Bonchev–Trinajstić information content (AvgIpc) is 2.02. The molecular formula is C7H5BrClFO2S. The first-order valence-corrected chi connectivity index (χ1v) is 6.68. The number of rotatable bonds is 2. The lowest BCUT2D eigenvalue weighted by atomic mass is 10.2. The van der Waals surface area contributed by atoms with Crippen molar-refractivity contribution < 1.29 is 12.8 Å². The van der Waals surface area contributed by atoms with Gasteiger partial charge < -0.3 is 0 Å². The van der Waals surface area contributed by atoms with Gasteiger partial charge in [-0.25, -0.2) is 12.8 Å². The fourth-order valence-electron chi connectivity index (χ4n) is 0.848. The van der Waals surface area contributed by atoms with Crippen LogP contribution >= 0.6 is 26.6 Å². The monoisotopic (exact) mass is 286 g/mol. The second-order valence-electron chi connectivity index (χ2n) is 2.30. The first-order chi connectivity index (χ1) is 5.96. The lowest BCUT2D eigenvalue weighted by Gasteiger charge is -2.02. The van der Waals surface area contributed by atoms with E-state index in [4.69, 9.17) is 10.7 Å². The summed E-state index contributed by atoms with van der Waals surface area (Å²) in [6, 6.07) is 4.05. The Labute approximate surface area is 88.3 Å². The summed E-state index contributed by atoms with van der Waals surface area (Å²) >= 11 is 3.03. The molecule has 0 aliphatic carbocycles. The fourth-order valence-corrected chi connectivity index (χ4v) is 2.22. The van der Waals surface area contributed by atoms with Crippen LogP contribution in [0.1, 0.15) is 5.56 Å². The maximum absolute atomic E-state index is 13.3. The molecule has 0 atom stereocenters. The molecular weight excluding hydrogens is 282 g/mol. The number of hydrogen-bond acceptors (Lipinski definition) is 2. The molecule has 0 aromatic heterocycles. The highest BCUT2D eigenvalue weighted by atomic mass is 79.9. The van der Waals surface area contributed by atoms with E-state index < -0.39 is 19.8 Å². The van der Waals surface area contributed by atoms with Gasteiger partial charge in [0.05, 0.1) is 0 Å². The minimum atomic E-state index is -3.99. The van der Waals surface area contributed by atoms with Crippen LogP contribution in [-0.4, -0.2) is 8.42 Å². The molecule has 0 bridgehead atoms. The fraction of sp³-hybridized carbons (Fsp3) is 0.143. The van der Waals surface area contributed by atoms with E-state index in [0.717, 1.165) is 6.07 Å². The summed E-state index contributed by atoms with van der Waals surface area (Å²) in [6.45, 7) is 0. The van der Waals surface area contributed by atoms with E-state index in [-0.39, 0.29) is 10.9 Å².